The van der Waals surface area contributed by atoms with Crippen LogP contribution in [-0.4, -0.2) is 54.5 Å². The molecule has 0 aromatic rings. The van der Waals surface area contributed by atoms with Gasteiger partial charge in [0.05, 0.1) is 6.54 Å². The molecular weight excluding hydrogens is 262 g/mol. The number of nitrogens with zero attached hydrogens (tertiary/aromatic N) is 2. The summed E-state index contributed by atoms with van der Waals surface area (Å²) in [5, 5.41) is 0. The van der Waals surface area contributed by atoms with Crippen molar-refractivity contribution in [3.05, 3.63) is 0 Å². The first-order valence-electron chi connectivity index (χ1n) is 8.80. The van der Waals surface area contributed by atoms with Gasteiger partial charge in [-0.25, -0.2) is 0 Å². The summed E-state index contributed by atoms with van der Waals surface area (Å²) >= 11 is 0. The SMILES string of the molecule is CCC1CCC(CN)(N(C)CC(=O)N2CCCCC2)CC1. The lowest BCUT2D eigenvalue weighted by Crippen LogP contribution is -2.57. The second-order valence-electron chi connectivity index (χ2n) is 7.08. The van der Waals surface area contributed by atoms with Crippen molar-refractivity contribution >= 4 is 5.91 Å². The summed E-state index contributed by atoms with van der Waals surface area (Å²) in [4.78, 5) is 16.8. The molecule has 0 unspecified atom stereocenters. The normalized spacial score (nSPS) is 30.7. The smallest absolute Gasteiger partial charge is 0.236 e. The van der Waals surface area contributed by atoms with Crippen molar-refractivity contribution in [3.63, 3.8) is 0 Å². The van der Waals surface area contributed by atoms with Gasteiger partial charge in [0.15, 0.2) is 0 Å². The molecule has 1 saturated carbocycles. The Morgan fingerprint density at radius 1 is 1.24 bits per heavy atom. The molecule has 1 aliphatic carbocycles. The molecular formula is C17H33N3O. The zero-order valence-corrected chi connectivity index (χ0v) is 13.9. The van der Waals surface area contributed by atoms with E-state index in [0.717, 1.165) is 44.7 Å². The molecule has 1 aliphatic heterocycles. The van der Waals surface area contributed by atoms with E-state index in [0.29, 0.717) is 19.0 Å². The molecule has 0 radical (unpaired) electrons. The number of amides is 1. The molecule has 2 rings (SSSR count). The van der Waals surface area contributed by atoms with Crippen molar-refractivity contribution in [1.29, 1.82) is 0 Å². The van der Waals surface area contributed by atoms with Gasteiger partial charge in [-0.1, -0.05) is 13.3 Å². The van der Waals surface area contributed by atoms with E-state index < -0.39 is 0 Å². The zero-order valence-electron chi connectivity index (χ0n) is 13.9. The molecule has 2 fully saturated rings. The third kappa shape index (κ3) is 3.98. The predicted octanol–water partition coefficient (Wildman–Crippen LogP) is 2.23. The minimum absolute atomic E-state index is 0.0527. The van der Waals surface area contributed by atoms with Crippen LogP contribution in [0.3, 0.4) is 0 Å². The molecule has 1 heterocycles. The molecule has 122 valence electrons. The van der Waals surface area contributed by atoms with Gasteiger partial charge in [0.25, 0.3) is 0 Å². The first-order chi connectivity index (χ1) is 10.1. The molecule has 0 spiro atoms. The van der Waals surface area contributed by atoms with Gasteiger partial charge in [0.2, 0.25) is 5.91 Å². The summed E-state index contributed by atoms with van der Waals surface area (Å²) in [6, 6.07) is 0. The van der Waals surface area contributed by atoms with E-state index in [1.54, 1.807) is 0 Å². The van der Waals surface area contributed by atoms with Gasteiger partial charge < -0.3 is 10.6 Å². The lowest BCUT2D eigenvalue weighted by atomic mass is 9.74. The summed E-state index contributed by atoms with van der Waals surface area (Å²) in [7, 11) is 2.10. The minimum Gasteiger partial charge on any atom is -0.342 e. The summed E-state index contributed by atoms with van der Waals surface area (Å²) in [6.45, 7) is 5.38. The number of rotatable bonds is 5. The van der Waals surface area contributed by atoms with E-state index in [4.69, 9.17) is 5.73 Å². The molecule has 4 heteroatoms. The van der Waals surface area contributed by atoms with Crippen LogP contribution < -0.4 is 5.73 Å². The van der Waals surface area contributed by atoms with E-state index in [1.807, 2.05) is 4.90 Å². The van der Waals surface area contributed by atoms with Crippen molar-refractivity contribution in [2.45, 2.75) is 63.8 Å². The third-order valence-corrected chi connectivity index (χ3v) is 5.88. The fourth-order valence-corrected chi connectivity index (χ4v) is 3.98. The summed E-state index contributed by atoms with van der Waals surface area (Å²) in [5.41, 5.74) is 6.17. The first-order valence-corrected chi connectivity index (χ1v) is 8.80. The van der Waals surface area contributed by atoms with Crippen LogP contribution in [0.15, 0.2) is 0 Å². The number of likely N-dealkylation sites (N-methyl/N-ethyl adjacent to an activating group) is 1. The van der Waals surface area contributed by atoms with Gasteiger partial charge in [0.1, 0.15) is 0 Å². The Hall–Kier alpha value is -0.610. The second-order valence-corrected chi connectivity index (χ2v) is 7.08. The maximum absolute atomic E-state index is 12.5. The Labute approximate surface area is 130 Å². The number of hydrogen-bond donors (Lipinski definition) is 1. The molecule has 1 amide bonds. The van der Waals surface area contributed by atoms with E-state index in [2.05, 4.69) is 18.9 Å². The highest BCUT2D eigenvalue weighted by Crippen LogP contribution is 2.36. The van der Waals surface area contributed by atoms with Crippen molar-refractivity contribution < 1.29 is 4.79 Å². The lowest BCUT2D eigenvalue weighted by Gasteiger charge is -2.46. The van der Waals surface area contributed by atoms with Gasteiger partial charge in [-0.15, -0.1) is 0 Å². The molecule has 0 aromatic carbocycles. The number of carbonyl (C=O) groups is 1. The Morgan fingerprint density at radius 3 is 2.38 bits per heavy atom. The quantitative estimate of drug-likeness (QED) is 0.846. The third-order valence-electron chi connectivity index (χ3n) is 5.88. The standard InChI is InChI=1S/C17H33N3O/c1-3-15-7-9-17(14-18,10-8-15)19(2)13-16(21)20-11-5-4-6-12-20/h15H,3-14,18H2,1-2H3. The average Bonchev–Trinajstić information content (AvgIpc) is 2.55. The molecule has 4 nitrogen and oxygen atoms in total. The maximum atomic E-state index is 12.5. The van der Waals surface area contributed by atoms with Crippen molar-refractivity contribution in [2.75, 3.05) is 33.2 Å². The average molecular weight is 295 g/mol. The van der Waals surface area contributed by atoms with E-state index in [9.17, 15) is 4.79 Å². The number of likely N-dealkylation sites (tertiary alicyclic amines) is 1. The van der Waals surface area contributed by atoms with Crippen LogP contribution in [0.4, 0.5) is 0 Å². The summed E-state index contributed by atoms with van der Waals surface area (Å²) in [5.74, 6) is 1.15. The van der Waals surface area contributed by atoms with Crippen LogP contribution in [0.2, 0.25) is 0 Å². The number of carbonyl (C=O) groups excluding carboxylic acids is 1. The molecule has 2 N–H and O–H groups in total. The first kappa shape index (κ1) is 16.8. The summed E-state index contributed by atoms with van der Waals surface area (Å²) < 4.78 is 0. The zero-order chi connectivity index (χ0) is 15.3. The van der Waals surface area contributed by atoms with Crippen LogP contribution in [0, 0.1) is 5.92 Å². The van der Waals surface area contributed by atoms with Crippen LogP contribution >= 0.6 is 0 Å². The number of hydrogen-bond acceptors (Lipinski definition) is 3. The highest BCUT2D eigenvalue weighted by atomic mass is 16.2. The fourth-order valence-electron chi connectivity index (χ4n) is 3.98. The number of piperidine rings is 1. The van der Waals surface area contributed by atoms with Gasteiger partial charge in [-0.05, 0) is 57.9 Å². The fraction of sp³-hybridized carbons (Fsp3) is 0.941. The van der Waals surface area contributed by atoms with E-state index in [-0.39, 0.29) is 5.54 Å². The van der Waals surface area contributed by atoms with Crippen LogP contribution in [0.5, 0.6) is 0 Å². The highest BCUT2D eigenvalue weighted by Gasteiger charge is 2.38. The highest BCUT2D eigenvalue weighted by molar-refractivity contribution is 5.78. The summed E-state index contributed by atoms with van der Waals surface area (Å²) in [6.07, 6.45) is 9.68. The second kappa shape index (κ2) is 7.59. The Kier molecular flexibility index (Phi) is 6.06. The Bertz CT molecular complexity index is 331. The van der Waals surface area contributed by atoms with E-state index in [1.165, 1.54) is 25.7 Å². The molecule has 1 saturated heterocycles. The topological polar surface area (TPSA) is 49.6 Å². The lowest BCUT2D eigenvalue weighted by molar-refractivity contribution is -0.134. The van der Waals surface area contributed by atoms with Gasteiger partial charge >= 0.3 is 0 Å². The van der Waals surface area contributed by atoms with Gasteiger partial charge in [-0.2, -0.15) is 0 Å². The van der Waals surface area contributed by atoms with E-state index >= 15 is 0 Å². The molecule has 21 heavy (non-hydrogen) atoms. The minimum atomic E-state index is 0.0527. The molecule has 0 atom stereocenters. The van der Waals surface area contributed by atoms with Crippen molar-refractivity contribution in [3.8, 4) is 0 Å². The van der Waals surface area contributed by atoms with Crippen molar-refractivity contribution in [1.82, 2.24) is 9.80 Å². The molecule has 2 aliphatic rings. The van der Waals surface area contributed by atoms with Gasteiger partial charge in [-0.3, -0.25) is 9.69 Å². The Morgan fingerprint density at radius 2 is 1.86 bits per heavy atom. The predicted molar refractivity (Wildman–Crippen MR) is 87.1 cm³/mol. The van der Waals surface area contributed by atoms with Crippen LogP contribution in [-0.2, 0) is 4.79 Å². The Balaban J connectivity index is 1.90. The largest absolute Gasteiger partial charge is 0.342 e. The monoisotopic (exact) mass is 295 g/mol. The molecule has 0 aromatic heterocycles. The number of nitrogens with two attached hydrogens (primary N) is 1. The molecule has 0 bridgehead atoms. The van der Waals surface area contributed by atoms with Crippen molar-refractivity contribution in [2.24, 2.45) is 11.7 Å². The maximum Gasteiger partial charge on any atom is 0.236 e. The van der Waals surface area contributed by atoms with Crippen LogP contribution in [0.1, 0.15) is 58.3 Å². The van der Waals surface area contributed by atoms with Gasteiger partial charge in [0, 0.05) is 25.2 Å². The van der Waals surface area contributed by atoms with Crippen LogP contribution in [0.25, 0.3) is 0 Å².